The number of halogens is 1. The number of esters is 2. The maximum absolute atomic E-state index is 12.0. The largest absolute Gasteiger partial charge is 0.390 e. The topological polar surface area (TPSA) is 63.7 Å². The summed E-state index contributed by atoms with van der Waals surface area (Å²) in [4.78, 5) is 35.2. The molecule has 0 saturated carbocycles. The molecule has 0 N–H and O–H groups in total. The maximum Gasteiger partial charge on any atom is 0.333 e. The van der Waals surface area contributed by atoms with Gasteiger partial charge in [-0.15, -0.1) is 0 Å². The van der Waals surface area contributed by atoms with Gasteiger partial charge in [-0.3, -0.25) is 4.79 Å². The third-order valence-corrected chi connectivity index (χ3v) is 2.77. The number of amides is 1. The molecule has 0 aliphatic carbocycles. The fourth-order valence-corrected chi connectivity index (χ4v) is 1.74. The van der Waals surface area contributed by atoms with Crippen molar-refractivity contribution in [3.05, 3.63) is 34.3 Å². The number of morpholine rings is 1. The number of rotatable bonds is 1. The van der Waals surface area contributed by atoms with Crippen LogP contribution in [0.1, 0.15) is 10.4 Å². The summed E-state index contributed by atoms with van der Waals surface area (Å²) in [5.74, 6) is -1.76. The van der Waals surface area contributed by atoms with Crippen LogP contribution in [0.5, 0.6) is 0 Å². The Bertz CT molecular complexity index is 467. The van der Waals surface area contributed by atoms with Crippen LogP contribution in [0, 0.1) is 0 Å². The van der Waals surface area contributed by atoms with Crippen molar-refractivity contribution in [2.75, 3.05) is 13.1 Å². The predicted octanol–water partition coefficient (Wildman–Crippen LogP) is 0.975. The van der Waals surface area contributed by atoms with Crippen LogP contribution < -0.4 is 0 Å². The summed E-state index contributed by atoms with van der Waals surface area (Å²) in [5.41, 5.74) is 0.427. The quantitative estimate of drug-likeness (QED) is 0.572. The third kappa shape index (κ3) is 2.71. The minimum Gasteiger partial charge on any atom is -0.390 e. The monoisotopic (exact) mass is 297 g/mol. The summed E-state index contributed by atoms with van der Waals surface area (Å²) in [6.07, 6.45) is 0. The van der Waals surface area contributed by atoms with Gasteiger partial charge in [0.2, 0.25) is 0 Å². The molecule has 2 rings (SSSR count). The fraction of sp³-hybridized carbons (Fsp3) is 0.182. The Balaban J connectivity index is 2.17. The molecule has 0 atom stereocenters. The summed E-state index contributed by atoms with van der Waals surface area (Å²) in [7, 11) is 0. The molecule has 1 saturated heterocycles. The van der Waals surface area contributed by atoms with Gasteiger partial charge in [0.1, 0.15) is 13.1 Å². The number of carbonyl (C=O) groups is 3. The highest BCUT2D eigenvalue weighted by Gasteiger charge is 2.28. The maximum atomic E-state index is 12.0. The van der Waals surface area contributed by atoms with Crippen molar-refractivity contribution in [2.45, 2.75) is 0 Å². The molecule has 1 amide bonds. The molecule has 6 heteroatoms. The Kier molecular flexibility index (Phi) is 3.23. The molecule has 0 radical (unpaired) electrons. The van der Waals surface area contributed by atoms with Gasteiger partial charge >= 0.3 is 11.9 Å². The van der Waals surface area contributed by atoms with Gasteiger partial charge in [0.05, 0.1) is 0 Å². The minimum absolute atomic E-state index is 0.194. The van der Waals surface area contributed by atoms with Gasteiger partial charge in [0, 0.05) is 10.0 Å². The van der Waals surface area contributed by atoms with Gasteiger partial charge in [0.25, 0.3) is 5.91 Å². The van der Waals surface area contributed by atoms with E-state index in [-0.39, 0.29) is 19.0 Å². The first-order chi connectivity index (χ1) is 8.06. The van der Waals surface area contributed by atoms with Crippen LogP contribution in [0.15, 0.2) is 28.7 Å². The Morgan fingerprint density at radius 3 is 2.18 bits per heavy atom. The lowest BCUT2D eigenvalue weighted by Crippen LogP contribution is -2.46. The van der Waals surface area contributed by atoms with E-state index in [1.54, 1.807) is 24.3 Å². The predicted molar refractivity (Wildman–Crippen MR) is 61.1 cm³/mol. The molecule has 1 aliphatic rings. The average molecular weight is 298 g/mol. The Morgan fingerprint density at radius 2 is 1.65 bits per heavy atom. The summed E-state index contributed by atoms with van der Waals surface area (Å²) in [6.45, 7) is -0.388. The number of ether oxygens (including phenoxy) is 1. The number of hydrogen-bond donors (Lipinski definition) is 0. The van der Waals surface area contributed by atoms with Crippen LogP contribution in [-0.4, -0.2) is 35.8 Å². The van der Waals surface area contributed by atoms with E-state index in [0.717, 1.165) is 9.37 Å². The molecule has 17 heavy (non-hydrogen) atoms. The molecule has 5 nitrogen and oxygen atoms in total. The van der Waals surface area contributed by atoms with Crippen molar-refractivity contribution in [1.29, 1.82) is 0 Å². The molecular weight excluding hydrogens is 290 g/mol. The fourth-order valence-electron chi connectivity index (χ4n) is 1.48. The van der Waals surface area contributed by atoms with Crippen molar-refractivity contribution >= 4 is 33.8 Å². The van der Waals surface area contributed by atoms with E-state index in [1.807, 2.05) is 0 Å². The van der Waals surface area contributed by atoms with E-state index < -0.39 is 11.9 Å². The van der Waals surface area contributed by atoms with Crippen molar-refractivity contribution < 1.29 is 19.1 Å². The van der Waals surface area contributed by atoms with Crippen LogP contribution >= 0.6 is 15.9 Å². The molecule has 88 valence electrons. The molecule has 1 aromatic rings. The summed E-state index contributed by atoms with van der Waals surface area (Å²) in [6, 6.07) is 6.68. The zero-order valence-electron chi connectivity index (χ0n) is 8.68. The van der Waals surface area contributed by atoms with Crippen LogP contribution in [0.4, 0.5) is 0 Å². The normalized spacial score (nSPS) is 15.7. The van der Waals surface area contributed by atoms with Crippen LogP contribution in [-0.2, 0) is 14.3 Å². The van der Waals surface area contributed by atoms with E-state index in [4.69, 9.17) is 0 Å². The Hall–Kier alpha value is -1.69. The van der Waals surface area contributed by atoms with Crippen LogP contribution in [0.25, 0.3) is 0 Å². The molecule has 1 aliphatic heterocycles. The SMILES string of the molecule is O=C1CN(C(=O)c2ccc(Br)cc2)CC(=O)O1. The second-order valence-corrected chi connectivity index (χ2v) is 4.43. The summed E-state index contributed by atoms with van der Waals surface area (Å²) < 4.78 is 5.19. The van der Waals surface area contributed by atoms with Crippen LogP contribution in [0.2, 0.25) is 0 Å². The highest BCUT2D eigenvalue weighted by Crippen LogP contribution is 2.13. The number of carbonyl (C=O) groups excluding carboxylic acids is 3. The molecule has 0 unspecified atom stereocenters. The van der Waals surface area contributed by atoms with Gasteiger partial charge in [-0.2, -0.15) is 0 Å². The van der Waals surface area contributed by atoms with E-state index >= 15 is 0 Å². The van der Waals surface area contributed by atoms with Crippen molar-refractivity contribution in [2.24, 2.45) is 0 Å². The van der Waals surface area contributed by atoms with Gasteiger partial charge in [-0.25, -0.2) is 9.59 Å². The second kappa shape index (κ2) is 4.67. The lowest BCUT2D eigenvalue weighted by molar-refractivity contribution is -0.165. The van der Waals surface area contributed by atoms with E-state index in [9.17, 15) is 14.4 Å². The number of nitrogens with zero attached hydrogens (tertiary/aromatic N) is 1. The molecule has 0 bridgehead atoms. The highest BCUT2D eigenvalue weighted by atomic mass is 79.9. The molecule has 0 aromatic heterocycles. The highest BCUT2D eigenvalue weighted by molar-refractivity contribution is 9.10. The van der Waals surface area contributed by atoms with E-state index in [0.29, 0.717) is 5.56 Å². The Morgan fingerprint density at radius 1 is 1.12 bits per heavy atom. The molecule has 1 aromatic carbocycles. The number of hydrogen-bond acceptors (Lipinski definition) is 4. The van der Waals surface area contributed by atoms with Crippen molar-refractivity contribution in [3.63, 3.8) is 0 Å². The summed E-state index contributed by atoms with van der Waals surface area (Å²) in [5, 5.41) is 0. The number of cyclic esters (lactones) is 2. The molecule has 1 fully saturated rings. The van der Waals surface area contributed by atoms with Crippen molar-refractivity contribution in [1.82, 2.24) is 4.90 Å². The first kappa shape index (κ1) is 11.8. The third-order valence-electron chi connectivity index (χ3n) is 2.25. The lowest BCUT2D eigenvalue weighted by Gasteiger charge is -2.24. The molecule has 0 spiro atoms. The van der Waals surface area contributed by atoms with Gasteiger partial charge in [-0.1, -0.05) is 15.9 Å². The van der Waals surface area contributed by atoms with Gasteiger partial charge in [0.15, 0.2) is 0 Å². The summed E-state index contributed by atoms with van der Waals surface area (Å²) >= 11 is 3.26. The average Bonchev–Trinajstić information content (AvgIpc) is 2.28. The lowest BCUT2D eigenvalue weighted by atomic mass is 10.2. The smallest absolute Gasteiger partial charge is 0.333 e. The standard InChI is InChI=1S/C11H8BrNO4/c12-8-3-1-7(2-4-8)11(16)13-5-9(14)17-10(15)6-13/h1-4H,5-6H2. The van der Waals surface area contributed by atoms with Gasteiger partial charge in [-0.05, 0) is 24.3 Å². The second-order valence-electron chi connectivity index (χ2n) is 3.51. The first-order valence-corrected chi connectivity index (χ1v) is 5.64. The van der Waals surface area contributed by atoms with E-state index in [1.165, 1.54) is 0 Å². The van der Waals surface area contributed by atoms with E-state index in [2.05, 4.69) is 20.7 Å². The number of benzene rings is 1. The van der Waals surface area contributed by atoms with Crippen LogP contribution in [0.3, 0.4) is 0 Å². The molecule has 1 heterocycles. The van der Waals surface area contributed by atoms with Gasteiger partial charge < -0.3 is 9.64 Å². The Labute approximate surface area is 105 Å². The first-order valence-electron chi connectivity index (χ1n) is 4.84. The zero-order chi connectivity index (χ0) is 12.4. The van der Waals surface area contributed by atoms with Crippen molar-refractivity contribution in [3.8, 4) is 0 Å². The molecular formula is C11H8BrNO4. The zero-order valence-corrected chi connectivity index (χ0v) is 10.3. The minimum atomic E-state index is -0.702.